The molecule has 0 radical (unpaired) electrons. The smallest absolute Gasteiger partial charge is 0.274 e. The van der Waals surface area contributed by atoms with Crippen LogP contribution in [0.1, 0.15) is 5.56 Å². The molecule has 1 saturated heterocycles. The summed E-state index contributed by atoms with van der Waals surface area (Å²) in [4.78, 5) is 12.3. The Kier molecular flexibility index (Phi) is 5.01. The molecule has 2 aromatic carbocycles. The van der Waals surface area contributed by atoms with E-state index in [0.29, 0.717) is 36.3 Å². The fourth-order valence-electron chi connectivity index (χ4n) is 3.37. The van der Waals surface area contributed by atoms with Crippen molar-refractivity contribution >= 4 is 20.6 Å². The summed E-state index contributed by atoms with van der Waals surface area (Å²) in [6.45, 7) is 1.38. The number of aromatic nitrogens is 2. The fourth-order valence-corrected chi connectivity index (χ4v) is 4.89. The monoisotopic (exact) mass is 399 g/mol. The van der Waals surface area contributed by atoms with E-state index in [9.17, 15) is 13.2 Å². The Balaban J connectivity index is 1.65. The Morgan fingerprint density at radius 2 is 1.86 bits per heavy atom. The van der Waals surface area contributed by atoms with Crippen molar-refractivity contribution in [3.05, 3.63) is 64.4 Å². The van der Waals surface area contributed by atoms with Crippen LogP contribution in [-0.2, 0) is 27.4 Å². The Labute approximate surface area is 162 Å². The van der Waals surface area contributed by atoms with E-state index in [-0.39, 0.29) is 11.3 Å². The van der Waals surface area contributed by atoms with Gasteiger partial charge in [0.2, 0.25) is 0 Å². The molecular weight excluding hydrogens is 378 g/mol. The average molecular weight is 399 g/mol. The second-order valence-corrected chi connectivity index (χ2v) is 8.97. The van der Waals surface area contributed by atoms with Crippen LogP contribution < -0.4 is 10.9 Å². The molecule has 1 aliphatic heterocycles. The lowest BCUT2D eigenvalue weighted by Crippen LogP contribution is -2.43. The van der Waals surface area contributed by atoms with E-state index in [2.05, 4.69) is 10.4 Å². The second-order valence-electron chi connectivity index (χ2n) is 6.83. The van der Waals surface area contributed by atoms with Gasteiger partial charge in [0.05, 0.1) is 23.4 Å². The topological polar surface area (TPSA) is 90.3 Å². The van der Waals surface area contributed by atoms with Gasteiger partial charge in [-0.15, -0.1) is 0 Å². The van der Waals surface area contributed by atoms with Crippen LogP contribution in [0.3, 0.4) is 0 Å². The maximum atomic E-state index is 12.6. The highest BCUT2D eigenvalue weighted by Crippen LogP contribution is 2.25. The molecule has 4 rings (SSSR count). The first-order chi connectivity index (χ1) is 13.5. The van der Waals surface area contributed by atoms with Gasteiger partial charge >= 0.3 is 0 Å². The summed E-state index contributed by atoms with van der Waals surface area (Å²) < 4.78 is 31.8. The molecule has 8 heteroatoms. The predicted molar refractivity (Wildman–Crippen MR) is 108 cm³/mol. The number of hydrogen-bond donors (Lipinski definition) is 1. The van der Waals surface area contributed by atoms with Crippen molar-refractivity contribution in [3.63, 3.8) is 0 Å². The van der Waals surface area contributed by atoms with Crippen molar-refractivity contribution < 1.29 is 13.2 Å². The standard InChI is InChI=1S/C20H21N3O4S/c1-23-20(24)17-5-3-2-4-16(17)19(22-23)15-8-6-14(7-9-15)13-28(25,26)18-12-21-10-11-27-18/h2-9,18,21H,10-13H2,1H3. The number of morpholine rings is 1. The van der Waals surface area contributed by atoms with Crippen LogP contribution in [0.2, 0.25) is 0 Å². The highest BCUT2D eigenvalue weighted by Gasteiger charge is 2.28. The zero-order chi connectivity index (χ0) is 19.7. The molecule has 3 aromatic rings. The van der Waals surface area contributed by atoms with Crippen molar-refractivity contribution in [2.45, 2.75) is 11.2 Å². The Bertz CT molecular complexity index is 1160. The highest BCUT2D eigenvalue weighted by atomic mass is 32.2. The minimum Gasteiger partial charge on any atom is -0.360 e. The zero-order valence-corrected chi connectivity index (χ0v) is 16.3. The number of rotatable bonds is 4. The molecule has 0 bridgehead atoms. The van der Waals surface area contributed by atoms with Crippen LogP contribution in [0.15, 0.2) is 53.3 Å². The molecule has 0 spiro atoms. The summed E-state index contributed by atoms with van der Waals surface area (Å²) in [7, 11) is -1.78. The first-order valence-corrected chi connectivity index (χ1v) is 10.8. The van der Waals surface area contributed by atoms with E-state index >= 15 is 0 Å². The minimum absolute atomic E-state index is 0.0823. The van der Waals surface area contributed by atoms with Gasteiger partial charge in [-0.2, -0.15) is 5.10 Å². The van der Waals surface area contributed by atoms with Crippen LogP contribution in [-0.4, -0.2) is 43.3 Å². The maximum absolute atomic E-state index is 12.6. The van der Waals surface area contributed by atoms with E-state index in [0.717, 1.165) is 10.9 Å². The van der Waals surface area contributed by atoms with E-state index in [1.165, 1.54) is 4.68 Å². The first-order valence-electron chi connectivity index (χ1n) is 9.05. The van der Waals surface area contributed by atoms with Gasteiger partial charge in [0.1, 0.15) is 0 Å². The summed E-state index contributed by atoms with van der Waals surface area (Å²) in [5.41, 5.74) is 1.24. The lowest BCUT2D eigenvalue weighted by Gasteiger charge is -2.23. The van der Waals surface area contributed by atoms with Gasteiger partial charge in [-0.05, 0) is 11.6 Å². The molecule has 1 fully saturated rings. The number of nitrogens with one attached hydrogen (secondary N) is 1. The number of hydrogen-bond acceptors (Lipinski definition) is 6. The van der Waals surface area contributed by atoms with Crippen molar-refractivity contribution in [3.8, 4) is 11.3 Å². The quantitative estimate of drug-likeness (QED) is 0.714. The molecule has 1 unspecified atom stereocenters. The van der Waals surface area contributed by atoms with E-state index < -0.39 is 15.3 Å². The van der Waals surface area contributed by atoms with E-state index in [1.807, 2.05) is 30.3 Å². The molecule has 2 heterocycles. The fraction of sp³-hybridized carbons (Fsp3) is 0.300. The third-order valence-corrected chi connectivity index (χ3v) is 6.69. The molecule has 1 aromatic heterocycles. The van der Waals surface area contributed by atoms with Gasteiger partial charge in [0.25, 0.3) is 5.56 Å². The zero-order valence-electron chi connectivity index (χ0n) is 15.5. The van der Waals surface area contributed by atoms with Crippen molar-refractivity contribution in [1.82, 2.24) is 15.1 Å². The number of nitrogens with zero attached hydrogens (tertiary/aromatic N) is 2. The lowest BCUT2D eigenvalue weighted by atomic mass is 10.0. The van der Waals surface area contributed by atoms with Gasteiger partial charge in [0.15, 0.2) is 15.3 Å². The predicted octanol–water partition coefficient (Wildman–Crippen LogP) is 1.46. The molecule has 0 aliphatic carbocycles. The van der Waals surface area contributed by atoms with E-state index in [4.69, 9.17) is 4.74 Å². The Morgan fingerprint density at radius 3 is 2.54 bits per heavy atom. The first kappa shape index (κ1) is 18.8. The third-order valence-electron chi connectivity index (χ3n) is 4.85. The van der Waals surface area contributed by atoms with Gasteiger partial charge in [0, 0.05) is 31.1 Å². The molecule has 1 aliphatic rings. The second kappa shape index (κ2) is 7.46. The minimum atomic E-state index is -3.41. The maximum Gasteiger partial charge on any atom is 0.274 e. The number of aryl methyl sites for hydroxylation is 1. The molecule has 0 saturated carbocycles. The van der Waals surface area contributed by atoms with Gasteiger partial charge in [-0.3, -0.25) is 4.79 Å². The molecule has 1 atom stereocenters. The van der Waals surface area contributed by atoms with Crippen LogP contribution in [0.5, 0.6) is 0 Å². The van der Waals surface area contributed by atoms with E-state index in [1.54, 1.807) is 25.2 Å². The molecule has 28 heavy (non-hydrogen) atoms. The summed E-state index contributed by atoms with van der Waals surface area (Å²) in [5.74, 6) is -0.0823. The summed E-state index contributed by atoms with van der Waals surface area (Å²) >= 11 is 0. The Morgan fingerprint density at radius 1 is 1.14 bits per heavy atom. The van der Waals surface area contributed by atoms with Gasteiger partial charge in [-0.1, -0.05) is 42.5 Å². The summed E-state index contributed by atoms with van der Waals surface area (Å²) in [6, 6.07) is 14.6. The molecule has 0 amide bonds. The largest absolute Gasteiger partial charge is 0.360 e. The highest BCUT2D eigenvalue weighted by molar-refractivity contribution is 7.91. The number of sulfone groups is 1. The third kappa shape index (κ3) is 3.58. The van der Waals surface area contributed by atoms with Gasteiger partial charge < -0.3 is 10.1 Å². The van der Waals surface area contributed by atoms with Crippen molar-refractivity contribution in [1.29, 1.82) is 0 Å². The van der Waals surface area contributed by atoms with Crippen LogP contribution in [0, 0.1) is 0 Å². The summed E-state index contributed by atoms with van der Waals surface area (Å²) in [6.07, 6.45) is 0. The average Bonchev–Trinajstić information content (AvgIpc) is 2.72. The van der Waals surface area contributed by atoms with Crippen LogP contribution in [0.4, 0.5) is 0 Å². The van der Waals surface area contributed by atoms with Crippen LogP contribution >= 0.6 is 0 Å². The van der Waals surface area contributed by atoms with Crippen molar-refractivity contribution in [2.75, 3.05) is 19.7 Å². The molecule has 7 nitrogen and oxygen atoms in total. The van der Waals surface area contributed by atoms with Crippen molar-refractivity contribution in [2.24, 2.45) is 7.05 Å². The molecular formula is C20H21N3O4S. The SMILES string of the molecule is Cn1nc(-c2ccc(CS(=O)(=O)C3CNCCO3)cc2)c2ccccc2c1=O. The lowest BCUT2D eigenvalue weighted by molar-refractivity contribution is 0.0784. The number of benzene rings is 2. The molecule has 1 N–H and O–H groups in total. The Hall–Kier alpha value is -2.55. The normalized spacial score (nSPS) is 17.7. The number of fused-ring (bicyclic) bond motifs is 1. The number of ether oxygens (including phenoxy) is 1. The summed E-state index contributed by atoms with van der Waals surface area (Å²) in [5, 5.41) is 8.82. The molecule has 146 valence electrons. The van der Waals surface area contributed by atoms with Gasteiger partial charge in [-0.25, -0.2) is 13.1 Å². The van der Waals surface area contributed by atoms with Crippen LogP contribution in [0.25, 0.3) is 22.0 Å².